The molecule has 0 saturated heterocycles. The summed E-state index contributed by atoms with van der Waals surface area (Å²) >= 11 is 0. The average Bonchev–Trinajstić information content (AvgIpc) is 3.09. The van der Waals surface area contributed by atoms with Crippen LogP contribution in [0.5, 0.6) is 11.5 Å². The highest BCUT2D eigenvalue weighted by atomic mass is 16.5. The van der Waals surface area contributed by atoms with Gasteiger partial charge in [0, 0.05) is 0 Å². The molecule has 0 unspecified atom stereocenters. The van der Waals surface area contributed by atoms with Crippen molar-refractivity contribution >= 4 is 28.8 Å². The van der Waals surface area contributed by atoms with Gasteiger partial charge in [0.25, 0.3) is 11.8 Å². The maximum atomic E-state index is 13.6. The van der Waals surface area contributed by atoms with Gasteiger partial charge in [0.1, 0.15) is 17.2 Å². The molecule has 0 bridgehead atoms. The van der Waals surface area contributed by atoms with Gasteiger partial charge in [-0.2, -0.15) is 0 Å². The molecule has 1 N–H and O–H groups in total. The first-order valence-electron chi connectivity index (χ1n) is 11.3. The van der Waals surface area contributed by atoms with Gasteiger partial charge in [0.2, 0.25) is 0 Å². The molecule has 0 radical (unpaired) electrons. The average molecular weight is 457 g/mol. The smallest absolute Gasteiger partial charge is 0.282 e. The standard InChI is InChI=1S/C28H28N2O4/c1-5-19-8-12-21(13-9-19)30-27(31)25(20-10-14-22(15-11-20)34-6-2)26(28(30)32)29-23-17-18(3)7-16-24(23)33-4/h7-17,29H,5-6H2,1-4H3. The lowest BCUT2D eigenvalue weighted by atomic mass is 10.0. The first kappa shape index (κ1) is 23.1. The Kier molecular flexibility index (Phi) is 6.68. The molecule has 0 spiro atoms. The van der Waals surface area contributed by atoms with E-state index in [9.17, 15) is 9.59 Å². The van der Waals surface area contributed by atoms with Gasteiger partial charge in [0.15, 0.2) is 0 Å². The number of benzene rings is 3. The number of carbonyl (C=O) groups excluding carboxylic acids is 2. The Labute approximate surface area is 199 Å². The fourth-order valence-electron chi connectivity index (χ4n) is 3.97. The van der Waals surface area contributed by atoms with Gasteiger partial charge in [-0.15, -0.1) is 0 Å². The van der Waals surface area contributed by atoms with E-state index in [1.165, 1.54) is 4.90 Å². The number of imide groups is 1. The molecular weight excluding hydrogens is 428 g/mol. The van der Waals surface area contributed by atoms with Crippen LogP contribution in [0.3, 0.4) is 0 Å². The maximum Gasteiger partial charge on any atom is 0.282 e. The van der Waals surface area contributed by atoms with Crippen LogP contribution in [0.1, 0.15) is 30.5 Å². The summed E-state index contributed by atoms with van der Waals surface area (Å²) in [6.45, 7) is 6.47. The van der Waals surface area contributed by atoms with Crippen molar-refractivity contribution in [1.82, 2.24) is 0 Å². The number of methoxy groups -OCH3 is 1. The van der Waals surface area contributed by atoms with Crippen molar-refractivity contribution in [3.63, 3.8) is 0 Å². The van der Waals surface area contributed by atoms with Gasteiger partial charge >= 0.3 is 0 Å². The Morgan fingerprint density at radius 2 is 1.59 bits per heavy atom. The molecule has 4 rings (SSSR count). The Morgan fingerprint density at radius 3 is 2.21 bits per heavy atom. The van der Waals surface area contributed by atoms with Crippen molar-refractivity contribution in [3.05, 3.63) is 89.1 Å². The summed E-state index contributed by atoms with van der Waals surface area (Å²) in [6, 6.07) is 20.3. The number of anilines is 2. The third-order valence-electron chi connectivity index (χ3n) is 5.76. The van der Waals surface area contributed by atoms with E-state index in [1.807, 2.05) is 44.2 Å². The Balaban J connectivity index is 1.81. The van der Waals surface area contributed by atoms with E-state index in [2.05, 4.69) is 12.2 Å². The van der Waals surface area contributed by atoms with Crippen molar-refractivity contribution in [2.45, 2.75) is 27.2 Å². The lowest BCUT2D eigenvalue weighted by Crippen LogP contribution is -2.32. The highest BCUT2D eigenvalue weighted by molar-refractivity contribution is 6.46. The fraction of sp³-hybridized carbons (Fsp3) is 0.214. The molecule has 0 aromatic heterocycles. The van der Waals surface area contributed by atoms with Crippen molar-refractivity contribution in [3.8, 4) is 11.5 Å². The van der Waals surface area contributed by atoms with E-state index in [1.54, 1.807) is 43.5 Å². The van der Waals surface area contributed by atoms with Crippen molar-refractivity contribution in [2.75, 3.05) is 23.9 Å². The molecule has 0 atom stereocenters. The van der Waals surface area contributed by atoms with Gasteiger partial charge in [-0.25, -0.2) is 4.90 Å². The number of nitrogens with one attached hydrogen (secondary N) is 1. The SMILES string of the molecule is CCOc1ccc(C2=C(Nc3cc(C)ccc3OC)C(=O)N(c3ccc(CC)cc3)C2=O)cc1. The van der Waals surface area contributed by atoms with Crippen LogP contribution in [-0.4, -0.2) is 25.5 Å². The summed E-state index contributed by atoms with van der Waals surface area (Å²) in [5, 5.41) is 3.20. The summed E-state index contributed by atoms with van der Waals surface area (Å²) in [7, 11) is 1.57. The Hall–Kier alpha value is -4.06. The molecule has 1 aliphatic heterocycles. The van der Waals surface area contributed by atoms with Gasteiger partial charge in [-0.05, 0) is 73.4 Å². The van der Waals surface area contributed by atoms with E-state index in [0.29, 0.717) is 40.6 Å². The number of aryl methyl sites for hydroxylation is 2. The Bertz CT molecular complexity index is 1240. The first-order chi connectivity index (χ1) is 16.5. The van der Waals surface area contributed by atoms with E-state index in [4.69, 9.17) is 9.47 Å². The van der Waals surface area contributed by atoms with Crippen LogP contribution in [0.2, 0.25) is 0 Å². The van der Waals surface area contributed by atoms with E-state index in [0.717, 1.165) is 17.5 Å². The van der Waals surface area contributed by atoms with Gasteiger partial charge in [-0.1, -0.05) is 37.3 Å². The number of hydrogen-bond acceptors (Lipinski definition) is 5. The molecule has 6 nitrogen and oxygen atoms in total. The van der Waals surface area contributed by atoms with Crippen LogP contribution in [0.25, 0.3) is 5.57 Å². The minimum absolute atomic E-state index is 0.206. The summed E-state index contributed by atoms with van der Waals surface area (Å²) < 4.78 is 11.0. The second-order valence-corrected chi connectivity index (χ2v) is 8.00. The molecule has 0 fully saturated rings. The summed E-state index contributed by atoms with van der Waals surface area (Å²) in [5.74, 6) is 0.481. The first-order valence-corrected chi connectivity index (χ1v) is 11.3. The van der Waals surface area contributed by atoms with Crippen LogP contribution in [0.15, 0.2) is 72.4 Å². The molecular formula is C28H28N2O4. The predicted octanol–water partition coefficient (Wildman–Crippen LogP) is 5.36. The number of nitrogens with zero attached hydrogens (tertiary/aromatic N) is 1. The largest absolute Gasteiger partial charge is 0.495 e. The number of hydrogen-bond donors (Lipinski definition) is 1. The quantitative estimate of drug-likeness (QED) is 0.462. The lowest BCUT2D eigenvalue weighted by Gasteiger charge is -2.16. The minimum Gasteiger partial charge on any atom is -0.495 e. The number of rotatable bonds is 8. The molecule has 2 amide bonds. The third kappa shape index (κ3) is 4.39. The van der Waals surface area contributed by atoms with Crippen LogP contribution in [-0.2, 0) is 16.0 Å². The van der Waals surface area contributed by atoms with Crippen LogP contribution >= 0.6 is 0 Å². The lowest BCUT2D eigenvalue weighted by molar-refractivity contribution is -0.120. The zero-order chi connectivity index (χ0) is 24.2. The van der Waals surface area contributed by atoms with Crippen LogP contribution in [0.4, 0.5) is 11.4 Å². The normalized spacial score (nSPS) is 13.5. The fourth-order valence-corrected chi connectivity index (χ4v) is 3.97. The molecule has 3 aromatic rings. The summed E-state index contributed by atoms with van der Waals surface area (Å²) in [5.41, 5.74) is 4.41. The van der Waals surface area contributed by atoms with Crippen molar-refractivity contribution < 1.29 is 19.1 Å². The van der Waals surface area contributed by atoms with Gasteiger partial charge < -0.3 is 14.8 Å². The van der Waals surface area contributed by atoms with E-state index in [-0.39, 0.29) is 11.6 Å². The van der Waals surface area contributed by atoms with Crippen molar-refractivity contribution in [2.24, 2.45) is 0 Å². The van der Waals surface area contributed by atoms with Crippen LogP contribution in [0, 0.1) is 6.92 Å². The highest BCUT2D eigenvalue weighted by Crippen LogP contribution is 2.36. The zero-order valence-corrected chi connectivity index (χ0v) is 19.8. The molecule has 1 aliphatic rings. The number of amides is 2. The minimum atomic E-state index is -0.415. The predicted molar refractivity (Wildman–Crippen MR) is 134 cm³/mol. The maximum absolute atomic E-state index is 13.6. The van der Waals surface area contributed by atoms with E-state index < -0.39 is 5.91 Å². The molecule has 6 heteroatoms. The van der Waals surface area contributed by atoms with E-state index >= 15 is 0 Å². The second-order valence-electron chi connectivity index (χ2n) is 8.00. The molecule has 34 heavy (non-hydrogen) atoms. The number of ether oxygens (including phenoxy) is 2. The monoisotopic (exact) mass is 456 g/mol. The molecule has 0 aliphatic carbocycles. The zero-order valence-electron chi connectivity index (χ0n) is 19.8. The summed E-state index contributed by atoms with van der Waals surface area (Å²) in [6.07, 6.45) is 0.873. The third-order valence-corrected chi connectivity index (χ3v) is 5.76. The second kappa shape index (κ2) is 9.83. The number of carbonyl (C=O) groups is 2. The van der Waals surface area contributed by atoms with Gasteiger partial charge in [0.05, 0.1) is 30.7 Å². The molecule has 174 valence electrons. The molecule has 1 heterocycles. The topological polar surface area (TPSA) is 67.9 Å². The van der Waals surface area contributed by atoms with Crippen molar-refractivity contribution in [1.29, 1.82) is 0 Å². The Morgan fingerprint density at radius 1 is 0.882 bits per heavy atom. The van der Waals surface area contributed by atoms with Crippen LogP contribution < -0.4 is 19.7 Å². The van der Waals surface area contributed by atoms with Gasteiger partial charge in [-0.3, -0.25) is 9.59 Å². The molecule has 3 aromatic carbocycles. The highest BCUT2D eigenvalue weighted by Gasteiger charge is 2.40. The summed E-state index contributed by atoms with van der Waals surface area (Å²) in [4.78, 5) is 28.5. The molecule has 0 saturated carbocycles.